The second kappa shape index (κ2) is 11.5. The summed E-state index contributed by atoms with van der Waals surface area (Å²) < 4.78 is 0. The Bertz CT molecular complexity index is 930. The van der Waals surface area contributed by atoms with Gasteiger partial charge in [-0.25, -0.2) is 0 Å². The van der Waals surface area contributed by atoms with Crippen molar-refractivity contribution in [2.24, 2.45) is 0 Å². The number of phenols is 1. The first-order valence-corrected chi connectivity index (χ1v) is 11.8. The van der Waals surface area contributed by atoms with Gasteiger partial charge in [-0.15, -0.1) is 6.58 Å². The fourth-order valence-corrected chi connectivity index (χ4v) is 4.79. The fourth-order valence-electron chi connectivity index (χ4n) is 4.79. The fraction of sp³-hybridized carbons (Fsp3) is 0.444. The molecule has 0 spiro atoms. The highest BCUT2D eigenvalue weighted by atomic mass is 16.3. The third kappa shape index (κ3) is 5.82. The summed E-state index contributed by atoms with van der Waals surface area (Å²) in [5, 5.41) is 19.4. The standard InChI is InChI=1S/C27H37N3O3/c1-5-14-29-18-21(4)30(19-20(29)3)26(24-8-7-9-25(32)17-24)22-10-12-23(13-11-22)27(33)28(6-2)15-16-31/h5,7-13,17,20-21,26,31-32H,1,6,14-16,18-19H2,2-4H3. The van der Waals surface area contributed by atoms with Crippen LogP contribution in [0.4, 0.5) is 0 Å². The maximum Gasteiger partial charge on any atom is 0.253 e. The topological polar surface area (TPSA) is 67.2 Å². The summed E-state index contributed by atoms with van der Waals surface area (Å²) in [6.07, 6.45) is 1.96. The summed E-state index contributed by atoms with van der Waals surface area (Å²) in [6.45, 7) is 13.8. The zero-order valence-corrected chi connectivity index (χ0v) is 20.0. The number of hydrogen-bond acceptors (Lipinski definition) is 5. The van der Waals surface area contributed by atoms with E-state index < -0.39 is 0 Å². The van der Waals surface area contributed by atoms with E-state index in [1.54, 1.807) is 11.0 Å². The van der Waals surface area contributed by atoms with Crippen LogP contribution in [0.25, 0.3) is 0 Å². The Kier molecular flexibility index (Phi) is 8.67. The van der Waals surface area contributed by atoms with Crippen LogP contribution in [-0.4, -0.2) is 82.2 Å². The number of carbonyl (C=O) groups excluding carboxylic acids is 1. The predicted octanol–water partition coefficient (Wildman–Crippen LogP) is 3.52. The molecule has 3 unspecified atom stereocenters. The summed E-state index contributed by atoms with van der Waals surface area (Å²) in [7, 11) is 0. The molecule has 0 aromatic heterocycles. The smallest absolute Gasteiger partial charge is 0.253 e. The number of rotatable bonds is 9. The third-order valence-electron chi connectivity index (χ3n) is 6.56. The van der Waals surface area contributed by atoms with Crippen LogP contribution in [0, 0.1) is 0 Å². The van der Waals surface area contributed by atoms with Crippen molar-refractivity contribution in [3.05, 3.63) is 77.9 Å². The minimum absolute atomic E-state index is 0.0377. The first-order chi connectivity index (χ1) is 15.9. The molecule has 178 valence electrons. The second-order valence-electron chi connectivity index (χ2n) is 8.87. The summed E-state index contributed by atoms with van der Waals surface area (Å²) in [5.41, 5.74) is 2.72. The molecule has 0 radical (unpaired) electrons. The molecule has 2 aromatic carbocycles. The molecule has 6 heteroatoms. The molecule has 1 amide bonds. The molecule has 1 fully saturated rings. The molecule has 0 saturated carbocycles. The number of nitrogens with zero attached hydrogens (tertiary/aromatic N) is 3. The van der Waals surface area contributed by atoms with E-state index in [1.807, 2.05) is 49.4 Å². The zero-order valence-electron chi connectivity index (χ0n) is 20.0. The van der Waals surface area contributed by atoms with Crippen molar-refractivity contribution in [3.8, 4) is 5.75 Å². The lowest BCUT2D eigenvalue weighted by Crippen LogP contribution is -2.57. The second-order valence-corrected chi connectivity index (χ2v) is 8.87. The SMILES string of the molecule is C=CCN1CC(C)N(C(c2ccc(C(=O)N(CC)CCO)cc2)c2cccc(O)c2)CC1C. The van der Waals surface area contributed by atoms with E-state index >= 15 is 0 Å². The van der Waals surface area contributed by atoms with Gasteiger partial charge in [0.15, 0.2) is 0 Å². The van der Waals surface area contributed by atoms with Gasteiger partial charge in [0.25, 0.3) is 5.91 Å². The normalized spacial score (nSPS) is 20.4. The van der Waals surface area contributed by atoms with E-state index in [1.165, 1.54) is 0 Å². The van der Waals surface area contributed by atoms with Crippen LogP contribution in [-0.2, 0) is 0 Å². The van der Waals surface area contributed by atoms with Gasteiger partial charge in [0.2, 0.25) is 0 Å². The van der Waals surface area contributed by atoms with E-state index in [9.17, 15) is 15.0 Å². The summed E-state index contributed by atoms with van der Waals surface area (Å²) >= 11 is 0. The van der Waals surface area contributed by atoms with Gasteiger partial charge in [-0.1, -0.05) is 30.3 Å². The quantitative estimate of drug-likeness (QED) is 0.571. The molecule has 1 aliphatic rings. The first kappa shape index (κ1) is 25.0. The lowest BCUT2D eigenvalue weighted by atomic mass is 9.92. The van der Waals surface area contributed by atoms with Gasteiger partial charge in [-0.3, -0.25) is 14.6 Å². The van der Waals surface area contributed by atoms with E-state index in [2.05, 4.69) is 36.3 Å². The molecular formula is C27H37N3O3. The Morgan fingerprint density at radius 2 is 1.88 bits per heavy atom. The van der Waals surface area contributed by atoms with E-state index in [-0.39, 0.29) is 24.3 Å². The number of aromatic hydroxyl groups is 1. The number of amides is 1. The van der Waals surface area contributed by atoms with Crippen molar-refractivity contribution in [1.82, 2.24) is 14.7 Å². The summed E-state index contributed by atoms with van der Waals surface area (Å²) in [6, 6.07) is 15.9. The van der Waals surface area contributed by atoms with Gasteiger partial charge in [0.1, 0.15) is 5.75 Å². The van der Waals surface area contributed by atoms with Crippen LogP contribution >= 0.6 is 0 Å². The monoisotopic (exact) mass is 451 g/mol. The zero-order chi connectivity index (χ0) is 24.0. The number of aliphatic hydroxyl groups excluding tert-OH is 1. The number of piperazine rings is 1. The van der Waals surface area contributed by atoms with Gasteiger partial charge in [-0.2, -0.15) is 0 Å². The van der Waals surface area contributed by atoms with Crippen LogP contribution in [0.2, 0.25) is 0 Å². The Morgan fingerprint density at radius 3 is 2.48 bits per heavy atom. The highest BCUT2D eigenvalue weighted by molar-refractivity contribution is 5.94. The molecule has 6 nitrogen and oxygen atoms in total. The van der Waals surface area contributed by atoms with Crippen LogP contribution in [0.1, 0.15) is 48.3 Å². The maximum absolute atomic E-state index is 12.8. The lowest BCUT2D eigenvalue weighted by Gasteiger charge is -2.47. The van der Waals surface area contributed by atoms with Crippen molar-refractivity contribution < 1.29 is 15.0 Å². The van der Waals surface area contributed by atoms with Crippen LogP contribution < -0.4 is 0 Å². The molecule has 1 aliphatic heterocycles. The molecule has 3 rings (SSSR count). The van der Waals surface area contributed by atoms with Gasteiger partial charge < -0.3 is 15.1 Å². The van der Waals surface area contributed by atoms with Crippen molar-refractivity contribution in [1.29, 1.82) is 0 Å². The van der Waals surface area contributed by atoms with E-state index in [0.717, 1.165) is 30.8 Å². The molecule has 33 heavy (non-hydrogen) atoms. The largest absolute Gasteiger partial charge is 0.508 e. The lowest BCUT2D eigenvalue weighted by molar-refractivity contribution is 0.0306. The van der Waals surface area contributed by atoms with E-state index in [4.69, 9.17) is 0 Å². The number of aliphatic hydroxyl groups is 1. The first-order valence-electron chi connectivity index (χ1n) is 11.8. The predicted molar refractivity (Wildman–Crippen MR) is 132 cm³/mol. The highest BCUT2D eigenvalue weighted by Gasteiger charge is 2.34. The van der Waals surface area contributed by atoms with Crippen LogP contribution in [0.3, 0.4) is 0 Å². The van der Waals surface area contributed by atoms with Crippen LogP contribution in [0.15, 0.2) is 61.2 Å². The summed E-state index contributed by atoms with van der Waals surface area (Å²) in [5.74, 6) is 0.171. The molecule has 1 heterocycles. The number of phenolic OH excluding ortho intramolecular Hbond substituents is 1. The Morgan fingerprint density at radius 1 is 1.15 bits per heavy atom. The molecule has 2 N–H and O–H groups in total. The molecule has 0 bridgehead atoms. The van der Waals surface area contributed by atoms with Gasteiger partial charge in [0.05, 0.1) is 12.6 Å². The highest BCUT2D eigenvalue weighted by Crippen LogP contribution is 2.34. The van der Waals surface area contributed by atoms with Gasteiger partial charge >= 0.3 is 0 Å². The van der Waals surface area contributed by atoms with Crippen molar-refractivity contribution in [2.75, 3.05) is 39.3 Å². The van der Waals surface area contributed by atoms with Crippen molar-refractivity contribution in [3.63, 3.8) is 0 Å². The summed E-state index contributed by atoms with van der Waals surface area (Å²) in [4.78, 5) is 19.4. The molecule has 2 aromatic rings. The molecular weight excluding hydrogens is 414 g/mol. The third-order valence-corrected chi connectivity index (χ3v) is 6.56. The van der Waals surface area contributed by atoms with E-state index in [0.29, 0.717) is 30.7 Å². The number of hydrogen-bond donors (Lipinski definition) is 2. The Balaban J connectivity index is 1.94. The van der Waals surface area contributed by atoms with Crippen LogP contribution in [0.5, 0.6) is 5.75 Å². The van der Waals surface area contributed by atoms with Crippen molar-refractivity contribution >= 4 is 5.91 Å². The molecule has 3 atom stereocenters. The number of carbonyl (C=O) groups is 1. The molecule has 0 aliphatic carbocycles. The minimum atomic E-state index is -0.0768. The Hall–Kier alpha value is -2.67. The van der Waals surface area contributed by atoms with Gasteiger partial charge in [-0.05, 0) is 56.2 Å². The Labute approximate surface area is 197 Å². The average Bonchev–Trinajstić information content (AvgIpc) is 2.81. The minimum Gasteiger partial charge on any atom is -0.508 e. The van der Waals surface area contributed by atoms with Crippen molar-refractivity contribution in [2.45, 2.75) is 38.9 Å². The average molecular weight is 452 g/mol. The molecule has 1 saturated heterocycles. The number of likely N-dealkylation sites (N-methyl/N-ethyl adjacent to an activating group) is 1. The van der Waals surface area contributed by atoms with Gasteiger partial charge in [0, 0.05) is 50.4 Å². The number of benzene rings is 2. The maximum atomic E-state index is 12.8.